The summed E-state index contributed by atoms with van der Waals surface area (Å²) in [6, 6.07) is 7.65. The Kier molecular flexibility index (Phi) is 6.12. The van der Waals surface area contributed by atoms with Crippen LogP contribution < -0.4 is 10.1 Å². The molecule has 2 heterocycles. The summed E-state index contributed by atoms with van der Waals surface area (Å²) in [5.41, 5.74) is 2.02. The molecule has 1 atom stereocenters. The highest BCUT2D eigenvalue weighted by atomic mass is 16.5. The number of nitrogens with one attached hydrogen (secondary N) is 2. The molecule has 0 aliphatic carbocycles. The van der Waals surface area contributed by atoms with Gasteiger partial charge in [-0.05, 0) is 37.5 Å². The number of amides is 2. The molecule has 1 aliphatic rings. The van der Waals surface area contributed by atoms with E-state index in [0.717, 1.165) is 42.3 Å². The molecule has 1 fully saturated rings. The Hall–Kier alpha value is -2.54. The molecule has 2 aromatic rings. The van der Waals surface area contributed by atoms with Gasteiger partial charge in [-0.3, -0.25) is 0 Å². The van der Waals surface area contributed by atoms with Gasteiger partial charge in [0.25, 0.3) is 0 Å². The normalized spacial score (nSPS) is 16.5. The predicted molar refractivity (Wildman–Crippen MR) is 97.9 cm³/mol. The van der Waals surface area contributed by atoms with Crippen molar-refractivity contribution >= 4 is 6.03 Å². The van der Waals surface area contributed by atoms with Crippen LogP contribution in [0.15, 0.2) is 30.5 Å². The van der Waals surface area contributed by atoms with E-state index in [1.165, 1.54) is 0 Å². The molecule has 2 N–H and O–H groups in total. The lowest BCUT2D eigenvalue weighted by molar-refractivity contribution is 0.0794. The molecule has 0 bridgehead atoms. The number of aryl methyl sites for hydroxylation is 1. The van der Waals surface area contributed by atoms with Gasteiger partial charge in [-0.2, -0.15) is 0 Å². The quantitative estimate of drug-likeness (QED) is 0.797. The van der Waals surface area contributed by atoms with Crippen molar-refractivity contribution in [2.24, 2.45) is 0 Å². The van der Waals surface area contributed by atoms with E-state index in [4.69, 9.17) is 9.47 Å². The topological polar surface area (TPSA) is 79.5 Å². The SMILES string of the molecule is COc1ccc(CN(C[C@H]2CCCO2)C(=O)NCc2ncc(C)[nH]2)cc1. The van der Waals surface area contributed by atoms with Crippen LogP contribution in [0.25, 0.3) is 0 Å². The van der Waals surface area contributed by atoms with E-state index in [-0.39, 0.29) is 12.1 Å². The number of hydrogen-bond acceptors (Lipinski definition) is 4. The summed E-state index contributed by atoms with van der Waals surface area (Å²) in [4.78, 5) is 21.9. The third-order valence-corrected chi connectivity index (χ3v) is 4.43. The lowest BCUT2D eigenvalue weighted by Crippen LogP contribution is -2.43. The molecule has 0 saturated carbocycles. The van der Waals surface area contributed by atoms with Crippen LogP contribution >= 0.6 is 0 Å². The van der Waals surface area contributed by atoms with Crippen molar-refractivity contribution < 1.29 is 14.3 Å². The monoisotopic (exact) mass is 358 g/mol. The number of rotatable bonds is 7. The Bertz CT molecular complexity index is 708. The first-order valence-electron chi connectivity index (χ1n) is 8.92. The number of carbonyl (C=O) groups excluding carboxylic acids is 1. The van der Waals surface area contributed by atoms with Crippen molar-refractivity contribution in [1.82, 2.24) is 20.2 Å². The second-order valence-electron chi connectivity index (χ2n) is 6.54. The van der Waals surface area contributed by atoms with Crippen LogP contribution in [0.4, 0.5) is 4.79 Å². The van der Waals surface area contributed by atoms with Gasteiger partial charge in [0.05, 0.1) is 19.8 Å². The predicted octanol–water partition coefficient (Wildman–Crippen LogP) is 2.62. The van der Waals surface area contributed by atoms with Crippen molar-refractivity contribution in [3.05, 3.63) is 47.5 Å². The number of aromatic nitrogens is 2. The summed E-state index contributed by atoms with van der Waals surface area (Å²) in [5.74, 6) is 1.55. The fourth-order valence-electron chi connectivity index (χ4n) is 3.03. The maximum atomic E-state index is 12.7. The summed E-state index contributed by atoms with van der Waals surface area (Å²) in [7, 11) is 1.64. The number of hydrogen-bond donors (Lipinski definition) is 2. The first-order chi connectivity index (χ1) is 12.6. The molecule has 3 rings (SSSR count). The minimum absolute atomic E-state index is 0.102. The molecule has 7 nitrogen and oxygen atoms in total. The third kappa shape index (κ3) is 4.98. The van der Waals surface area contributed by atoms with E-state index in [1.807, 2.05) is 31.2 Å². The van der Waals surface area contributed by atoms with Crippen molar-refractivity contribution in [3.8, 4) is 5.75 Å². The molecule has 140 valence electrons. The van der Waals surface area contributed by atoms with Crippen LogP contribution in [0.2, 0.25) is 0 Å². The number of aromatic amines is 1. The van der Waals surface area contributed by atoms with Gasteiger partial charge in [0.2, 0.25) is 0 Å². The Morgan fingerprint density at radius 2 is 2.23 bits per heavy atom. The van der Waals surface area contributed by atoms with Crippen molar-refractivity contribution in [3.63, 3.8) is 0 Å². The second kappa shape index (κ2) is 8.71. The summed E-state index contributed by atoms with van der Waals surface area (Å²) in [6.07, 6.45) is 3.89. The van der Waals surface area contributed by atoms with Crippen LogP contribution in [0.1, 0.15) is 29.9 Å². The standard InChI is InChI=1S/C19H26N4O3/c1-14-10-20-18(22-14)11-21-19(24)23(13-17-4-3-9-26-17)12-15-5-7-16(25-2)8-6-15/h5-8,10,17H,3-4,9,11-13H2,1-2H3,(H,20,22)(H,21,24)/t17-/m1/s1. The zero-order valence-electron chi connectivity index (χ0n) is 15.3. The van der Waals surface area contributed by atoms with Crippen LogP contribution in [0.5, 0.6) is 5.75 Å². The second-order valence-corrected chi connectivity index (χ2v) is 6.54. The van der Waals surface area contributed by atoms with E-state index in [2.05, 4.69) is 15.3 Å². The average Bonchev–Trinajstić information content (AvgIpc) is 3.31. The Morgan fingerprint density at radius 3 is 2.85 bits per heavy atom. The molecule has 1 aromatic carbocycles. The minimum Gasteiger partial charge on any atom is -0.497 e. The van der Waals surface area contributed by atoms with E-state index in [9.17, 15) is 4.79 Å². The maximum absolute atomic E-state index is 12.7. The molecule has 1 aromatic heterocycles. The Morgan fingerprint density at radius 1 is 1.42 bits per heavy atom. The number of ether oxygens (including phenoxy) is 2. The van der Waals surface area contributed by atoms with Crippen molar-refractivity contribution in [2.45, 2.75) is 39.0 Å². The van der Waals surface area contributed by atoms with Crippen LogP contribution in [0, 0.1) is 6.92 Å². The fourth-order valence-corrected chi connectivity index (χ4v) is 3.03. The number of urea groups is 1. The van der Waals surface area contributed by atoms with Crippen molar-refractivity contribution in [1.29, 1.82) is 0 Å². The molecule has 2 amide bonds. The van der Waals surface area contributed by atoms with Gasteiger partial charge in [-0.15, -0.1) is 0 Å². The highest BCUT2D eigenvalue weighted by Gasteiger charge is 2.23. The Balaban J connectivity index is 1.63. The number of methoxy groups -OCH3 is 1. The van der Waals surface area contributed by atoms with E-state index in [1.54, 1.807) is 18.2 Å². The first kappa shape index (κ1) is 18.3. The van der Waals surface area contributed by atoms with Crippen LogP contribution in [-0.2, 0) is 17.8 Å². The average molecular weight is 358 g/mol. The fraction of sp³-hybridized carbons (Fsp3) is 0.474. The lowest BCUT2D eigenvalue weighted by atomic mass is 10.2. The molecule has 1 saturated heterocycles. The molecular formula is C19H26N4O3. The number of nitrogens with zero attached hydrogens (tertiary/aromatic N) is 2. The smallest absolute Gasteiger partial charge is 0.318 e. The molecule has 0 radical (unpaired) electrons. The number of carbonyl (C=O) groups is 1. The highest BCUT2D eigenvalue weighted by Crippen LogP contribution is 2.17. The first-order valence-corrected chi connectivity index (χ1v) is 8.92. The van der Waals surface area contributed by atoms with E-state index >= 15 is 0 Å². The summed E-state index contributed by atoms with van der Waals surface area (Å²) >= 11 is 0. The highest BCUT2D eigenvalue weighted by molar-refractivity contribution is 5.74. The van der Waals surface area contributed by atoms with Crippen LogP contribution in [-0.4, -0.2) is 47.3 Å². The van der Waals surface area contributed by atoms with Gasteiger partial charge in [0, 0.05) is 31.6 Å². The van der Waals surface area contributed by atoms with Gasteiger partial charge < -0.3 is 24.7 Å². The number of imidazole rings is 1. The summed E-state index contributed by atoms with van der Waals surface area (Å²) in [6.45, 7) is 4.18. The molecule has 0 unspecified atom stereocenters. The summed E-state index contributed by atoms with van der Waals surface area (Å²) < 4.78 is 10.9. The molecule has 1 aliphatic heterocycles. The minimum atomic E-state index is -0.120. The largest absolute Gasteiger partial charge is 0.497 e. The number of benzene rings is 1. The number of H-pyrrole nitrogens is 1. The van der Waals surface area contributed by atoms with E-state index < -0.39 is 0 Å². The maximum Gasteiger partial charge on any atom is 0.318 e. The van der Waals surface area contributed by atoms with Gasteiger partial charge in [0.1, 0.15) is 11.6 Å². The van der Waals surface area contributed by atoms with Crippen LogP contribution in [0.3, 0.4) is 0 Å². The third-order valence-electron chi connectivity index (χ3n) is 4.43. The van der Waals surface area contributed by atoms with E-state index in [0.29, 0.717) is 19.6 Å². The lowest BCUT2D eigenvalue weighted by Gasteiger charge is -2.26. The molecule has 7 heteroatoms. The molecule has 26 heavy (non-hydrogen) atoms. The van der Waals surface area contributed by atoms with Crippen molar-refractivity contribution in [2.75, 3.05) is 20.3 Å². The molecular weight excluding hydrogens is 332 g/mol. The van der Waals surface area contributed by atoms with Gasteiger partial charge in [-0.25, -0.2) is 9.78 Å². The molecule has 0 spiro atoms. The Labute approximate surface area is 153 Å². The van der Waals surface area contributed by atoms with Gasteiger partial charge in [0.15, 0.2) is 0 Å². The van der Waals surface area contributed by atoms with Gasteiger partial charge in [-0.1, -0.05) is 12.1 Å². The zero-order valence-corrected chi connectivity index (χ0v) is 15.3. The van der Waals surface area contributed by atoms with Gasteiger partial charge >= 0.3 is 6.03 Å². The summed E-state index contributed by atoms with van der Waals surface area (Å²) in [5, 5.41) is 2.94. The zero-order chi connectivity index (χ0) is 18.4.